The van der Waals surface area contributed by atoms with E-state index in [1.807, 2.05) is 13.8 Å². The van der Waals surface area contributed by atoms with Gasteiger partial charge in [-0.25, -0.2) is 9.97 Å². The van der Waals surface area contributed by atoms with E-state index in [-0.39, 0.29) is 5.91 Å². The van der Waals surface area contributed by atoms with E-state index in [1.165, 1.54) is 13.4 Å². The van der Waals surface area contributed by atoms with Crippen LogP contribution in [0.25, 0.3) is 11.5 Å². The first-order valence-corrected chi connectivity index (χ1v) is 7.66. The third-order valence-corrected chi connectivity index (χ3v) is 3.26. The van der Waals surface area contributed by atoms with Gasteiger partial charge in [-0.15, -0.1) is 0 Å². The van der Waals surface area contributed by atoms with Crippen molar-refractivity contribution in [1.82, 2.24) is 25.4 Å². The van der Waals surface area contributed by atoms with E-state index in [2.05, 4.69) is 25.4 Å². The van der Waals surface area contributed by atoms with Crippen LogP contribution in [0.4, 0.5) is 0 Å². The average molecular weight is 334 g/mol. The van der Waals surface area contributed by atoms with Crippen LogP contribution >= 0.6 is 0 Å². The van der Waals surface area contributed by atoms with Gasteiger partial charge in [-0.2, -0.15) is 4.98 Å². The van der Waals surface area contributed by atoms with Gasteiger partial charge in [0, 0.05) is 6.07 Å². The summed E-state index contributed by atoms with van der Waals surface area (Å²) in [6.07, 6.45) is 2.00. The van der Waals surface area contributed by atoms with Crippen molar-refractivity contribution >= 4 is 5.91 Å². The number of carbonyl (C=O) groups excluding carboxylic acids is 1. The zero-order valence-corrected chi connectivity index (χ0v) is 14.2. The molecule has 2 atom stereocenters. The number of hydrogen-bond donors (Lipinski definition) is 2. The summed E-state index contributed by atoms with van der Waals surface area (Å²) in [4.78, 5) is 24.3. The summed E-state index contributed by atoms with van der Waals surface area (Å²) in [5, 5.41) is 6.76. The number of nitrogens with two attached hydrogens (primary N) is 1. The molecule has 0 aromatic carbocycles. The molecule has 0 saturated carbocycles. The predicted molar refractivity (Wildman–Crippen MR) is 85.9 cm³/mol. The number of aromatic nitrogens is 4. The molecule has 0 bridgehead atoms. The molecular weight excluding hydrogens is 312 g/mol. The molecule has 2 heterocycles. The zero-order valence-electron chi connectivity index (χ0n) is 14.2. The maximum absolute atomic E-state index is 11.9. The molecule has 0 spiro atoms. The van der Waals surface area contributed by atoms with Crippen LogP contribution < -0.4 is 15.8 Å². The molecule has 2 rings (SSSR count). The number of ether oxygens (including phenoxy) is 1. The molecule has 0 unspecified atom stereocenters. The minimum atomic E-state index is -0.617. The van der Waals surface area contributed by atoms with Crippen molar-refractivity contribution in [2.24, 2.45) is 11.7 Å². The second kappa shape index (κ2) is 7.82. The Morgan fingerprint density at radius 2 is 2.12 bits per heavy atom. The third-order valence-electron chi connectivity index (χ3n) is 3.26. The lowest BCUT2D eigenvalue weighted by atomic mass is 10.0. The Hall–Kier alpha value is -2.55. The first-order chi connectivity index (χ1) is 11.4. The monoisotopic (exact) mass is 334 g/mol. The van der Waals surface area contributed by atoms with Crippen LogP contribution in [0.3, 0.4) is 0 Å². The second-order valence-electron chi connectivity index (χ2n) is 5.88. The molecule has 0 aliphatic carbocycles. The predicted octanol–water partition coefficient (Wildman–Crippen LogP) is 1.09. The first kappa shape index (κ1) is 17.8. The first-order valence-electron chi connectivity index (χ1n) is 7.66. The molecule has 0 radical (unpaired) electrons. The van der Waals surface area contributed by atoms with Crippen LogP contribution in [-0.4, -0.2) is 39.2 Å². The van der Waals surface area contributed by atoms with Crippen LogP contribution in [-0.2, 0) is 4.79 Å². The van der Waals surface area contributed by atoms with Crippen molar-refractivity contribution in [2.75, 3.05) is 7.11 Å². The Labute approximate surface area is 140 Å². The zero-order chi connectivity index (χ0) is 17.7. The molecule has 0 fully saturated rings. The van der Waals surface area contributed by atoms with E-state index in [0.29, 0.717) is 35.6 Å². The Bertz CT molecular complexity index is 685. The molecule has 9 nitrogen and oxygen atoms in total. The average Bonchev–Trinajstić information content (AvgIpc) is 3.03. The number of amides is 1. The summed E-state index contributed by atoms with van der Waals surface area (Å²) in [5.41, 5.74) is 6.08. The van der Waals surface area contributed by atoms with Crippen LogP contribution in [0, 0.1) is 5.92 Å². The molecule has 130 valence electrons. The molecular formula is C15H22N6O3. The van der Waals surface area contributed by atoms with E-state index >= 15 is 0 Å². The number of rotatable bonds is 7. The van der Waals surface area contributed by atoms with Gasteiger partial charge in [0.1, 0.15) is 18.1 Å². The lowest BCUT2D eigenvalue weighted by molar-refractivity contribution is -0.123. The maximum Gasteiger partial charge on any atom is 0.249 e. The second-order valence-corrected chi connectivity index (χ2v) is 5.88. The fraction of sp³-hybridized carbons (Fsp3) is 0.533. The Morgan fingerprint density at radius 1 is 1.38 bits per heavy atom. The standard InChI is InChI=1S/C15H22N6O3/c1-8(2)5-11(19-14(22)9(3)16)15-20-13(21-24-15)10-6-12(23-4)18-7-17-10/h6-9,11H,5,16H2,1-4H3,(H,19,22)/t9-,11+/m1/s1. The van der Waals surface area contributed by atoms with Gasteiger partial charge in [-0.1, -0.05) is 19.0 Å². The van der Waals surface area contributed by atoms with Gasteiger partial charge < -0.3 is 20.3 Å². The number of carbonyl (C=O) groups is 1. The molecule has 24 heavy (non-hydrogen) atoms. The molecule has 0 saturated heterocycles. The molecule has 9 heteroatoms. The molecule has 0 aliphatic rings. The SMILES string of the molecule is COc1cc(-c2noc([C@H](CC(C)C)NC(=O)[C@@H](C)N)n2)ncn1. The van der Waals surface area contributed by atoms with Gasteiger partial charge in [-0.3, -0.25) is 4.79 Å². The minimum absolute atomic E-state index is 0.274. The highest BCUT2D eigenvalue weighted by Gasteiger charge is 2.24. The van der Waals surface area contributed by atoms with E-state index in [0.717, 1.165) is 0 Å². The third kappa shape index (κ3) is 4.48. The number of hydrogen-bond acceptors (Lipinski definition) is 8. The Kier molecular flexibility index (Phi) is 5.80. The van der Waals surface area contributed by atoms with Crippen molar-refractivity contribution in [3.63, 3.8) is 0 Å². The lowest BCUT2D eigenvalue weighted by Gasteiger charge is -2.18. The van der Waals surface area contributed by atoms with Gasteiger partial charge in [0.05, 0.1) is 13.2 Å². The Balaban J connectivity index is 2.24. The van der Waals surface area contributed by atoms with E-state index < -0.39 is 12.1 Å². The van der Waals surface area contributed by atoms with Gasteiger partial charge >= 0.3 is 0 Å². The molecule has 3 N–H and O–H groups in total. The Morgan fingerprint density at radius 3 is 2.75 bits per heavy atom. The normalized spacial score (nSPS) is 13.6. The summed E-state index contributed by atoms with van der Waals surface area (Å²) < 4.78 is 10.4. The smallest absolute Gasteiger partial charge is 0.249 e. The summed E-state index contributed by atoms with van der Waals surface area (Å²) in [7, 11) is 1.51. The van der Waals surface area contributed by atoms with Gasteiger partial charge in [0.25, 0.3) is 0 Å². The summed E-state index contributed by atoms with van der Waals surface area (Å²) in [6, 6.07) is 0.578. The summed E-state index contributed by atoms with van der Waals surface area (Å²) in [5.74, 6) is 1.05. The van der Waals surface area contributed by atoms with Crippen LogP contribution in [0.5, 0.6) is 5.88 Å². The topological polar surface area (TPSA) is 129 Å². The fourth-order valence-electron chi connectivity index (χ4n) is 2.05. The summed E-state index contributed by atoms with van der Waals surface area (Å²) in [6.45, 7) is 5.70. The molecule has 2 aromatic heterocycles. The van der Waals surface area contributed by atoms with Gasteiger partial charge in [0.2, 0.25) is 23.5 Å². The highest BCUT2D eigenvalue weighted by atomic mass is 16.5. The van der Waals surface area contributed by atoms with Gasteiger partial charge in [-0.05, 0) is 19.3 Å². The maximum atomic E-state index is 11.9. The minimum Gasteiger partial charge on any atom is -0.481 e. The van der Waals surface area contributed by atoms with Gasteiger partial charge in [0.15, 0.2) is 0 Å². The summed E-state index contributed by atoms with van der Waals surface area (Å²) >= 11 is 0. The van der Waals surface area contributed by atoms with Crippen molar-refractivity contribution in [1.29, 1.82) is 0 Å². The van der Waals surface area contributed by atoms with Crippen LogP contribution in [0.2, 0.25) is 0 Å². The van der Waals surface area contributed by atoms with E-state index in [9.17, 15) is 4.79 Å². The number of nitrogens with one attached hydrogen (secondary N) is 1. The lowest BCUT2D eigenvalue weighted by Crippen LogP contribution is -2.40. The molecule has 0 aliphatic heterocycles. The molecule has 2 aromatic rings. The number of methoxy groups -OCH3 is 1. The quantitative estimate of drug-likeness (QED) is 0.769. The van der Waals surface area contributed by atoms with E-state index in [4.69, 9.17) is 15.0 Å². The highest BCUT2D eigenvalue weighted by Crippen LogP contribution is 2.23. The largest absolute Gasteiger partial charge is 0.481 e. The highest BCUT2D eigenvalue weighted by molar-refractivity contribution is 5.81. The van der Waals surface area contributed by atoms with Crippen molar-refractivity contribution in [3.05, 3.63) is 18.3 Å². The number of nitrogens with zero attached hydrogens (tertiary/aromatic N) is 4. The van der Waals surface area contributed by atoms with Crippen LogP contribution in [0.1, 0.15) is 39.1 Å². The van der Waals surface area contributed by atoms with Crippen molar-refractivity contribution in [2.45, 2.75) is 39.3 Å². The van der Waals surface area contributed by atoms with Crippen LogP contribution in [0.15, 0.2) is 16.9 Å². The molecule has 1 amide bonds. The van der Waals surface area contributed by atoms with Crippen molar-refractivity contribution in [3.8, 4) is 17.4 Å². The van der Waals surface area contributed by atoms with Crippen molar-refractivity contribution < 1.29 is 14.1 Å². The van der Waals surface area contributed by atoms with E-state index in [1.54, 1.807) is 13.0 Å². The fourth-order valence-corrected chi connectivity index (χ4v) is 2.05.